The lowest BCUT2D eigenvalue weighted by molar-refractivity contribution is 0.506. The van der Waals surface area contributed by atoms with Crippen LogP contribution in [-0.4, -0.2) is 8.42 Å². The number of aryl methyl sites for hydroxylation is 1. The second kappa shape index (κ2) is 6.22. The molecule has 4 nitrogen and oxygen atoms in total. The van der Waals surface area contributed by atoms with Crippen molar-refractivity contribution in [2.24, 2.45) is 0 Å². The summed E-state index contributed by atoms with van der Waals surface area (Å²) in [6, 6.07) is 8.97. The van der Waals surface area contributed by atoms with Crippen LogP contribution in [0.2, 0.25) is 0 Å². The van der Waals surface area contributed by atoms with Gasteiger partial charge in [-0.15, -0.1) is 0 Å². The van der Waals surface area contributed by atoms with Crippen LogP contribution in [0.5, 0.6) is 0 Å². The summed E-state index contributed by atoms with van der Waals surface area (Å²) in [5.74, 6) is -0.607. The molecule has 0 radical (unpaired) electrons. The number of nitrogens with two attached hydrogens (primary N) is 1. The van der Waals surface area contributed by atoms with Crippen LogP contribution >= 0.6 is 15.9 Å². The zero-order valence-electron chi connectivity index (χ0n) is 12.2. The van der Waals surface area contributed by atoms with E-state index in [1.165, 1.54) is 12.1 Å². The van der Waals surface area contributed by atoms with Gasteiger partial charge in [0, 0.05) is 11.7 Å². The number of nitrogen functional groups attached to an aromatic ring is 1. The molecule has 0 amide bonds. The molecule has 1 aliphatic rings. The fourth-order valence-corrected chi connectivity index (χ4v) is 4.36. The minimum atomic E-state index is -3.79. The van der Waals surface area contributed by atoms with Gasteiger partial charge in [-0.2, -0.15) is 0 Å². The third-order valence-corrected chi connectivity index (χ3v) is 6.09. The van der Waals surface area contributed by atoms with Crippen molar-refractivity contribution in [3.05, 3.63) is 57.8 Å². The standard InChI is InChI=1S/C16H16BrFN2O2S/c17-14-7-5-12(9-15(14)18)23(21,22)20-16-3-1-2-10-8-11(19)4-6-13(10)16/h4-9,16,20H,1-3,19H2. The molecule has 3 N–H and O–H groups in total. The van der Waals surface area contributed by atoms with Crippen LogP contribution in [0.4, 0.5) is 10.1 Å². The molecule has 7 heteroatoms. The monoisotopic (exact) mass is 398 g/mol. The van der Waals surface area contributed by atoms with Gasteiger partial charge in [0.1, 0.15) is 5.82 Å². The highest BCUT2D eigenvalue weighted by molar-refractivity contribution is 9.10. The van der Waals surface area contributed by atoms with Gasteiger partial charge < -0.3 is 5.73 Å². The molecular formula is C16H16BrFN2O2S. The van der Waals surface area contributed by atoms with Gasteiger partial charge in [-0.25, -0.2) is 17.5 Å². The molecule has 1 unspecified atom stereocenters. The van der Waals surface area contributed by atoms with E-state index < -0.39 is 15.8 Å². The molecule has 0 aromatic heterocycles. The van der Waals surface area contributed by atoms with Crippen LogP contribution < -0.4 is 10.5 Å². The number of anilines is 1. The number of halogens is 2. The van der Waals surface area contributed by atoms with E-state index in [0.717, 1.165) is 30.0 Å². The van der Waals surface area contributed by atoms with Crippen LogP contribution in [0.1, 0.15) is 30.0 Å². The van der Waals surface area contributed by atoms with Crippen molar-refractivity contribution in [3.63, 3.8) is 0 Å². The molecule has 3 rings (SSSR count). The highest BCUT2D eigenvalue weighted by atomic mass is 79.9. The van der Waals surface area contributed by atoms with E-state index in [9.17, 15) is 12.8 Å². The van der Waals surface area contributed by atoms with Gasteiger partial charge >= 0.3 is 0 Å². The van der Waals surface area contributed by atoms with E-state index in [4.69, 9.17) is 5.73 Å². The summed E-state index contributed by atoms with van der Waals surface area (Å²) >= 11 is 3.02. The molecule has 0 spiro atoms. The smallest absolute Gasteiger partial charge is 0.241 e. The first-order chi connectivity index (χ1) is 10.9. The van der Waals surface area contributed by atoms with Crippen molar-refractivity contribution in [2.45, 2.75) is 30.2 Å². The number of fused-ring (bicyclic) bond motifs is 1. The molecular weight excluding hydrogens is 383 g/mol. The third kappa shape index (κ3) is 3.41. The van der Waals surface area contributed by atoms with E-state index in [1.54, 1.807) is 6.07 Å². The Bertz CT molecular complexity index is 855. The molecule has 122 valence electrons. The first kappa shape index (κ1) is 16.4. The SMILES string of the molecule is Nc1ccc2c(c1)CCCC2NS(=O)(=O)c1ccc(Br)c(F)c1. The van der Waals surface area contributed by atoms with Gasteiger partial charge in [-0.05, 0) is 76.7 Å². The lowest BCUT2D eigenvalue weighted by atomic mass is 9.88. The summed E-state index contributed by atoms with van der Waals surface area (Å²) in [4.78, 5) is -0.0826. The average molecular weight is 399 g/mol. The maximum absolute atomic E-state index is 13.6. The lowest BCUT2D eigenvalue weighted by Crippen LogP contribution is -2.31. The van der Waals surface area contributed by atoms with E-state index >= 15 is 0 Å². The van der Waals surface area contributed by atoms with E-state index in [2.05, 4.69) is 20.7 Å². The number of hydrogen-bond donors (Lipinski definition) is 2. The van der Waals surface area contributed by atoms with Crippen LogP contribution in [0.3, 0.4) is 0 Å². The Morgan fingerprint density at radius 2 is 2.00 bits per heavy atom. The first-order valence-corrected chi connectivity index (χ1v) is 9.50. The number of sulfonamides is 1. The van der Waals surface area contributed by atoms with Gasteiger partial charge in [-0.1, -0.05) is 6.07 Å². The highest BCUT2D eigenvalue weighted by Crippen LogP contribution is 2.32. The minimum Gasteiger partial charge on any atom is -0.399 e. The molecule has 0 saturated heterocycles. The summed E-state index contributed by atoms with van der Waals surface area (Å²) in [7, 11) is -3.79. The van der Waals surface area contributed by atoms with Gasteiger partial charge in [-0.3, -0.25) is 0 Å². The van der Waals surface area contributed by atoms with Crippen LogP contribution in [0.15, 0.2) is 45.8 Å². The molecule has 1 atom stereocenters. The number of nitrogens with one attached hydrogen (secondary N) is 1. The second-order valence-corrected chi connectivity index (χ2v) is 8.17. The van der Waals surface area contributed by atoms with Gasteiger partial charge in [0.15, 0.2) is 0 Å². The second-order valence-electron chi connectivity index (χ2n) is 5.60. The first-order valence-electron chi connectivity index (χ1n) is 7.22. The summed E-state index contributed by atoms with van der Waals surface area (Å²) in [5, 5.41) is 0. The van der Waals surface area contributed by atoms with Gasteiger partial charge in [0.2, 0.25) is 10.0 Å². The van der Waals surface area contributed by atoms with Crippen molar-refractivity contribution in [2.75, 3.05) is 5.73 Å². The minimum absolute atomic E-state index is 0.0826. The fourth-order valence-electron chi connectivity index (χ4n) is 2.86. The predicted molar refractivity (Wildman–Crippen MR) is 91.0 cm³/mol. The summed E-state index contributed by atoms with van der Waals surface area (Å²) in [6.45, 7) is 0. The van der Waals surface area contributed by atoms with Crippen molar-refractivity contribution in [1.29, 1.82) is 0 Å². The number of hydrogen-bond acceptors (Lipinski definition) is 3. The summed E-state index contributed by atoms with van der Waals surface area (Å²) < 4.78 is 41.6. The summed E-state index contributed by atoms with van der Waals surface area (Å²) in [5.41, 5.74) is 8.46. The Morgan fingerprint density at radius 3 is 2.74 bits per heavy atom. The Hall–Kier alpha value is -1.44. The van der Waals surface area contributed by atoms with E-state index in [1.807, 2.05) is 12.1 Å². The Labute approximate surface area is 143 Å². The quantitative estimate of drug-likeness (QED) is 0.776. The molecule has 0 aliphatic heterocycles. The molecule has 2 aromatic carbocycles. The van der Waals surface area contributed by atoms with Gasteiger partial charge in [0.25, 0.3) is 0 Å². The van der Waals surface area contributed by atoms with Crippen LogP contribution in [0, 0.1) is 5.82 Å². The zero-order valence-corrected chi connectivity index (χ0v) is 14.6. The molecule has 0 bridgehead atoms. The normalized spacial score (nSPS) is 17.7. The molecule has 2 aromatic rings. The molecule has 0 heterocycles. The highest BCUT2D eigenvalue weighted by Gasteiger charge is 2.26. The average Bonchev–Trinajstić information content (AvgIpc) is 2.49. The van der Waals surface area contributed by atoms with Gasteiger partial charge in [0.05, 0.1) is 9.37 Å². The summed E-state index contributed by atoms with van der Waals surface area (Å²) in [6.07, 6.45) is 2.46. The number of rotatable bonds is 3. The lowest BCUT2D eigenvalue weighted by Gasteiger charge is -2.26. The molecule has 0 fully saturated rings. The largest absolute Gasteiger partial charge is 0.399 e. The third-order valence-electron chi connectivity index (χ3n) is 3.98. The number of benzene rings is 2. The predicted octanol–water partition coefficient (Wildman–Crippen LogP) is 3.53. The van der Waals surface area contributed by atoms with E-state index in [-0.39, 0.29) is 15.4 Å². The van der Waals surface area contributed by atoms with Crippen molar-refractivity contribution >= 4 is 31.6 Å². The fraction of sp³-hybridized carbons (Fsp3) is 0.250. The molecule has 23 heavy (non-hydrogen) atoms. The Balaban J connectivity index is 1.91. The zero-order chi connectivity index (χ0) is 16.6. The van der Waals surface area contributed by atoms with Crippen LogP contribution in [0.25, 0.3) is 0 Å². The topological polar surface area (TPSA) is 72.2 Å². The maximum atomic E-state index is 13.6. The van der Waals surface area contributed by atoms with Crippen LogP contribution in [-0.2, 0) is 16.4 Å². The molecule has 0 saturated carbocycles. The van der Waals surface area contributed by atoms with Crippen molar-refractivity contribution in [1.82, 2.24) is 4.72 Å². The Kier molecular flexibility index (Phi) is 4.44. The Morgan fingerprint density at radius 1 is 1.22 bits per heavy atom. The van der Waals surface area contributed by atoms with E-state index in [0.29, 0.717) is 12.1 Å². The van der Waals surface area contributed by atoms with Crippen molar-refractivity contribution < 1.29 is 12.8 Å². The maximum Gasteiger partial charge on any atom is 0.241 e. The molecule has 1 aliphatic carbocycles. The van der Waals surface area contributed by atoms with Crippen molar-refractivity contribution in [3.8, 4) is 0 Å².